The number of hydrogen-bond acceptors (Lipinski definition) is 4. The van der Waals surface area contributed by atoms with Crippen LogP contribution in [0, 0.1) is 21.7 Å². The van der Waals surface area contributed by atoms with E-state index in [9.17, 15) is 18.9 Å². The van der Waals surface area contributed by atoms with Crippen LogP contribution in [0.15, 0.2) is 36.4 Å². The standard InChI is InChI=1S/C14H12F2N2O3/c1-17-8-9-4-2-3-5-12(9)21-13-7-10(15)6-11(16)14(13)18(19)20/h2-7,17H,8H2,1H3. The first kappa shape index (κ1) is 14.9. The summed E-state index contributed by atoms with van der Waals surface area (Å²) < 4.78 is 32.2. The lowest BCUT2D eigenvalue weighted by Gasteiger charge is -2.11. The molecule has 1 N–H and O–H groups in total. The summed E-state index contributed by atoms with van der Waals surface area (Å²) in [5, 5.41) is 13.8. The quantitative estimate of drug-likeness (QED) is 0.678. The summed E-state index contributed by atoms with van der Waals surface area (Å²) in [6.07, 6.45) is 0. The van der Waals surface area contributed by atoms with Gasteiger partial charge in [-0.15, -0.1) is 0 Å². The number of ether oxygens (including phenoxy) is 1. The van der Waals surface area contributed by atoms with Gasteiger partial charge in [0, 0.05) is 24.2 Å². The molecule has 7 heteroatoms. The molecule has 0 fully saturated rings. The number of nitro groups is 1. The molecule has 0 aliphatic carbocycles. The van der Waals surface area contributed by atoms with Gasteiger partial charge in [0.25, 0.3) is 0 Å². The fraction of sp³-hybridized carbons (Fsp3) is 0.143. The molecule has 0 saturated heterocycles. The third-order valence-corrected chi connectivity index (χ3v) is 2.74. The van der Waals surface area contributed by atoms with Crippen LogP contribution in [0.4, 0.5) is 14.5 Å². The fourth-order valence-electron chi connectivity index (χ4n) is 1.86. The minimum Gasteiger partial charge on any atom is -0.450 e. The van der Waals surface area contributed by atoms with E-state index in [0.29, 0.717) is 23.9 Å². The van der Waals surface area contributed by atoms with E-state index in [1.165, 1.54) is 0 Å². The first-order valence-corrected chi connectivity index (χ1v) is 6.06. The highest BCUT2D eigenvalue weighted by molar-refractivity contribution is 5.50. The van der Waals surface area contributed by atoms with Crippen LogP contribution in [0.5, 0.6) is 11.5 Å². The van der Waals surface area contributed by atoms with E-state index in [1.807, 2.05) is 0 Å². The van der Waals surface area contributed by atoms with E-state index < -0.39 is 28.0 Å². The first-order chi connectivity index (χ1) is 10.0. The predicted molar refractivity (Wildman–Crippen MR) is 72.3 cm³/mol. The summed E-state index contributed by atoms with van der Waals surface area (Å²) in [5.41, 5.74) is -0.186. The summed E-state index contributed by atoms with van der Waals surface area (Å²) >= 11 is 0. The van der Waals surface area contributed by atoms with Crippen molar-refractivity contribution in [3.8, 4) is 11.5 Å². The maximum atomic E-state index is 13.5. The molecule has 0 bridgehead atoms. The maximum Gasteiger partial charge on any atom is 0.347 e. The van der Waals surface area contributed by atoms with E-state index in [-0.39, 0.29) is 0 Å². The summed E-state index contributed by atoms with van der Waals surface area (Å²) in [6, 6.07) is 7.98. The minimum absolute atomic E-state index is 0.292. The largest absolute Gasteiger partial charge is 0.450 e. The Bertz CT molecular complexity index is 677. The lowest BCUT2D eigenvalue weighted by atomic mass is 10.2. The molecule has 2 rings (SSSR count). The highest BCUT2D eigenvalue weighted by Gasteiger charge is 2.24. The van der Waals surface area contributed by atoms with Gasteiger partial charge < -0.3 is 10.1 Å². The Kier molecular flexibility index (Phi) is 4.44. The van der Waals surface area contributed by atoms with Gasteiger partial charge in [-0.05, 0) is 13.1 Å². The molecule has 0 unspecified atom stereocenters. The van der Waals surface area contributed by atoms with Crippen molar-refractivity contribution >= 4 is 5.69 Å². The number of nitrogens with one attached hydrogen (secondary N) is 1. The summed E-state index contributed by atoms with van der Waals surface area (Å²) in [7, 11) is 1.72. The van der Waals surface area contributed by atoms with Gasteiger partial charge in [0.2, 0.25) is 11.6 Å². The van der Waals surface area contributed by atoms with Crippen molar-refractivity contribution in [2.24, 2.45) is 0 Å². The van der Waals surface area contributed by atoms with Crippen molar-refractivity contribution in [2.75, 3.05) is 7.05 Å². The zero-order valence-electron chi connectivity index (χ0n) is 11.1. The average molecular weight is 294 g/mol. The highest BCUT2D eigenvalue weighted by Crippen LogP contribution is 2.35. The smallest absolute Gasteiger partial charge is 0.347 e. The Hall–Kier alpha value is -2.54. The number of halogens is 2. The number of nitrogens with zero attached hydrogens (tertiary/aromatic N) is 1. The Morgan fingerprint density at radius 2 is 1.95 bits per heavy atom. The van der Waals surface area contributed by atoms with Crippen molar-refractivity contribution in [1.82, 2.24) is 5.32 Å². The average Bonchev–Trinajstić information content (AvgIpc) is 2.40. The second-order valence-electron chi connectivity index (χ2n) is 4.23. The summed E-state index contributed by atoms with van der Waals surface area (Å²) in [6.45, 7) is 0.446. The predicted octanol–water partition coefficient (Wildman–Crippen LogP) is 3.38. The van der Waals surface area contributed by atoms with E-state index >= 15 is 0 Å². The van der Waals surface area contributed by atoms with Gasteiger partial charge in [-0.3, -0.25) is 10.1 Å². The van der Waals surface area contributed by atoms with E-state index in [4.69, 9.17) is 4.74 Å². The van der Waals surface area contributed by atoms with E-state index in [0.717, 1.165) is 6.07 Å². The molecule has 0 aromatic heterocycles. The van der Waals surface area contributed by atoms with Crippen LogP contribution in [0.3, 0.4) is 0 Å². The van der Waals surface area contributed by atoms with Crippen molar-refractivity contribution in [2.45, 2.75) is 6.54 Å². The zero-order valence-corrected chi connectivity index (χ0v) is 11.1. The number of nitro benzene ring substituents is 1. The molecule has 2 aromatic rings. The molecule has 110 valence electrons. The van der Waals surface area contributed by atoms with Crippen LogP contribution in [0.25, 0.3) is 0 Å². The number of rotatable bonds is 5. The maximum absolute atomic E-state index is 13.5. The van der Waals surface area contributed by atoms with Gasteiger partial charge in [0.05, 0.1) is 4.92 Å². The highest BCUT2D eigenvalue weighted by atomic mass is 19.1. The number of hydrogen-bond donors (Lipinski definition) is 1. The van der Waals surface area contributed by atoms with Gasteiger partial charge in [0.1, 0.15) is 11.6 Å². The minimum atomic E-state index is -1.28. The van der Waals surface area contributed by atoms with Crippen LogP contribution >= 0.6 is 0 Å². The molecule has 0 aliphatic rings. The summed E-state index contributed by atoms with van der Waals surface area (Å²) in [4.78, 5) is 9.97. The molecule has 0 heterocycles. The third kappa shape index (κ3) is 3.32. The molecule has 0 spiro atoms. The van der Waals surface area contributed by atoms with Crippen LogP contribution in [-0.4, -0.2) is 12.0 Å². The van der Waals surface area contributed by atoms with Crippen molar-refractivity contribution in [1.29, 1.82) is 0 Å². The molecule has 0 saturated carbocycles. The lowest BCUT2D eigenvalue weighted by Crippen LogP contribution is -2.06. The van der Waals surface area contributed by atoms with Crippen LogP contribution < -0.4 is 10.1 Å². The monoisotopic (exact) mass is 294 g/mol. The normalized spacial score (nSPS) is 10.4. The molecule has 0 radical (unpaired) electrons. The summed E-state index contributed by atoms with van der Waals surface area (Å²) in [5.74, 6) is -2.40. The van der Waals surface area contributed by atoms with Gasteiger partial charge in [-0.1, -0.05) is 18.2 Å². The topological polar surface area (TPSA) is 64.4 Å². The SMILES string of the molecule is CNCc1ccccc1Oc1cc(F)cc(F)c1[N+](=O)[O-]. The van der Waals surface area contributed by atoms with Gasteiger partial charge >= 0.3 is 5.69 Å². The van der Waals surface area contributed by atoms with Crippen LogP contribution in [0.1, 0.15) is 5.56 Å². The Balaban J connectivity index is 2.47. The number of benzene rings is 2. The van der Waals surface area contributed by atoms with Crippen molar-refractivity contribution < 1.29 is 18.4 Å². The second-order valence-corrected chi connectivity index (χ2v) is 4.23. The molecule has 0 amide bonds. The second kappa shape index (κ2) is 6.27. The molecular weight excluding hydrogens is 282 g/mol. The zero-order chi connectivity index (χ0) is 15.4. The number of para-hydroxylation sites is 1. The van der Waals surface area contributed by atoms with Crippen molar-refractivity contribution in [3.05, 3.63) is 63.7 Å². The molecule has 0 atom stereocenters. The van der Waals surface area contributed by atoms with Gasteiger partial charge in [0.15, 0.2) is 0 Å². The molecule has 0 aliphatic heterocycles. The van der Waals surface area contributed by atoms with Gasteiger partial charge in [-0.2, -0.15) is 4.39 Å². The molecule has 21 heavy (non-hydrogen) atoms. The molecule has 2 aromatic carbocycles. The van der Waals surface area contributed by atoms with Gasteiger partial charge in [-0.25, -0.2) is 4.39 Å². The molecular formula is C14H12F2N2O3. The molecule has 5 nitrogen and oxygen atoms in total. The van der Waals surface area contributed by atoms with Crippen LogP contribution in [-0.2, 0) is 6.54 Å². The Labute approximate surface area is 119 Å². The lowest BCUT2D eigenvalue weighted by molar-refractivity contribution is -0.388. The Morgan fingerprint density at radius 1 is 1.24 bits per heavy atom. The Morgan fingerprint density at radius 3 is 2.62 bits per heavy atom. The van der Waals surface area contributed by atoms with Crippen molar-refractivity contribution in [3.63, 3.8) is 0 Å². The third-order valence-electron chi connectivity index (χ3n) is 2.74. The fourth-order valence-corrected chi connectivity index (χ4v) is 1.86. The first-order valence-electron chi connectivity index (χ1n) is 6.06. The van der Waals surface area contributed by atoms with E-state index in [1.54, 1.807) is 31.3 Å². The van der Waals surface area contributed by atoms with Crippen LogP contribution in [0.2, 0.25) is 0 Å². The van der Waals surface area contributed by atoms with E-state index in [2.05, 4.69) is 5.32 Å².